The lowest BCUT2D eigenvalue weighted by atomic mass is 10.0. The number of allylic oxidation sites excluding steroid dienone is 1. The summed E-state index contributed by atoms with van der Waals surface area (Å²) in [4.78, 5) is 72.8. The Labute approximate surface area is 291 Å². The molecular weight excluding hydrogens is 648 g/mol. The third-order valence-electron chi connectivity index (χ3n) is 9.15. The third kappa shape index (κ3) is 8.11. The van der Waals surface area contributed by atoms with Crippen molar-refractivity contribution in [1.82, 2.24) is 20.5 Å². The molecule has 5 atom stereocenters. The van der Waals surface area contributed by atoms with E-state index < -0.39 is 59.2 Å². The van der Waals surface area contributed by atoms with Gasteiger partial charge in [0.05, 0.1) is 33.4 Å². The molecule has 0 spiro atoms. The molecule has 14 heteroatoms. The maximum absolute atomic E-state index is 14.4. The maximum atomic E-state index is 14.4. The molecule has 14 nitrogen and oxygen atoms in total. The molecule has 1 saturated carbocycles. The first-order chi connectivity index (χ1) is 23.8. The van der Waals surface area contributed by atoms with Crippen molar-refractivity contribution in [3.05, 3.63) is 42.1 Å². The first-order valence-corrected chi connectivity index (χ1v) is 16.9. The molecule has 5 rings (SSSR count). The fraction of sp³-hybridized carbons (Fsp3) is 0.556. The number of carbonyl (C=O) groups excluding carboxylic acids is 5. The van der Waals surface area contributed by atoms with Crippen LogP contribution in [0.1, 0.15) is 76.2 Å². The number of hydrogen-bond donors (Lipinski definition) is 2. The number of pyridine rings is 1. The highest BCUT2D eigenvalue weighted by Gasteiger charge is 2.62. The first kappa shape index (κ1) is 36.4. The summed E-state index contributed by atoms with van der Waals surface area (Å²) in [6, 6.07) is 4.54. The second-order valence-electron chi connectivity index (χ2n) is 13.9. The van der Waals surface area contributed by atoms with Gasteiger partial charge in [-0.15, -0.1) is 0 Å². The van der Waals surface area contributed by atoms with Gasteiger partial charge >= 0.3 is 18.0 Å². The summed E-state index contributed by atoms with van der Waals surface area (Å²) in [5.41, 5.74) is -1.63. The zero-order valence-corrected chi connectivity index (χ0v) is 29.4. The quantitative estimate of drug-likeness (QED) is 0.256. The number of aromatic nitrogens is 1. The molecule has 1 aliphatic carbocycles. The van der Waals surface area contributed by atoms with Gasteiger partial charge in [-0.3, -0.25) is 9.59 Å². The molecule has 1 unspecified atom stereocenters. The molecule has 0 radical (unpaired) electrons. The summed E-state index contributed by atoms with van der Waals surface area (Å²) >= 11 is 0. The second-order valence-corrected chi connectivity index (χ2v) is 13.9. The van der Waals surface area contributed by atoms with E-state index in [0.717, 1.165) is 19.3 Å². The molecule has 3 aliphatic rings. The highest BCUT2D eigenvalue weighted by atomic mass is 16.6. The molecule has 1 aromatic heterocycles. The number of esters is 2. The normalized spacial score (nSPS) is 26.2. The van der Waals surface area contributed by atoms with Crippen molar-refractivity contribution in [3.63, 3.8) is 0 Å². The average Bonchev–Trinajstić information content (AvgIpc) is 3.60. The monoisotopic (exact) mass is 694 g/mol. The lowest BCUT2D eigenvalue weighted by molar-refractivity contribution is -0.148. The summed E-state index contributed by atoms with van der Waals surface area (Å²) in [7, 11) is 4.03. The van der Waals surface area contributed by atoms with Crippen LogP contribution in [0.5, 0.6) is 11.5 Å². The predicted molar refractivity (Wildman–Crippen MR) is 181 cm³/mol. The fourth-order valence-corrected chi connectivity index (χ4v) is 6.55. The standard InChI is InChI=1S/C36H46N4O10/c1-35(2,3)50-34(45)38-25-13-11-9-7-8-10-12-21-19-36(21,33(44)48-6)39-30(41)28-17-23(20-40(28)31(25)42)49-29-18-27(32(43)47-5)37-26-16-22(46-4)14-15-24(26)29/h10,12,14-16,18,21,23,25,28H,7-9,11,13,17,19-20H2,1-6H3,(H,38,45)(H,39,41)/b12-10-/t21?,23-,25+,28+,36-/m1/s1. The molecule has 2 aliphatic heterocycles. The van der Waals surface area contributed by atoms with Crippen LogP contribution in [-0.4, -0.2) is 96.9 Å². The topological polar surface area (TPSA) is 172 Å². The lowest BCUT2D eigenvalue weighted by Gasteiger charge is -2.30. The summed E-state index contributed by atoms with van der Waals surface area (Å²) in [6.45, 7) is 5.17. The van der Waals surface area contributed by atoms with Gasteiger partial charge in [0.25, 0.3) is 0 Å². The Morgan fingerprint density at radius 3 is 2.52 bits per heavy atom. The van der Waals surface area contributed by atoms with Crippen LogP contribution in [0.25, 0.3) is 10.9 Å². The van der Waals surface area contributed by atoms with E-state index in [1.54, 1.807) is 39.0 Å². The van der Waals surface area contributed by atoms with E-state index in [1.165, 1.54) is 32.3 Å². The van der Waals surface area contributed by atoms with Gasteiger partial charge in [0.2, 0.25) is 11.8 Å². The fourth-order valence-electron chi connectivity index (χ4n) is 6.55. The highest BCUT2D eigenvalue weighted by Crippen LogP contribution is 2.46. The number of nitrogens with zero attached hydrogens (tertiary/aromatic N) is 2. The Morgan fingerprint density at radius 1 is 1.04 bits per heavy atom. The zero-order chi connectivity index (χ0) is 36.2. The molecule has 2 aromatic rings. The number of carbonyl (C=O) groups is 5. The van der Waals surface area contributed by atoms with Crippen LogP contribution >= 0.6 is 0 Å². The van der Waals surface area contributed by atoms with Crippen molar-refractivity contribution in [3.8, 4) is 11.5 Å². The second kappa shape index (κ2) is 14.9. The van der Waals surface area contributed by atoms with E-state index in [9.17, 15) is 24.0 Å². The summed E-state index contributed by atoms with van der Waals surface area (Å²) in [5.74, 6) is -1.70. The van der Waals surface area contributed by atoms with Gasteiger partial charge in [-0.2, -0.15) is 0 Å². The number of alkyl carbamates (subject to hydrolysis) is 1. The van der Waals surface area contributed by atoms with Crippen LogP contribution in [-0.2, 0) is 28.6 Å². The number of nitrogens with one attached hydrogen (secondary N) is 2. The van der Waals surface area contributed by atoms with Crippen molar-refractivity contribution in [2.24, 2.45) is 5.92 Å². The lowest BCUT2D eigenvalue weighted by Crippen LogP contribution is -2.56. The number of methoxy groups -OCH3 is 3. The molecule has 50 heavy (non-hydrogen) atoms. The van der Waals surface area contributed by atoms with Gasteiger partial charge < -0.3 is 39.2 Å². The van der Waals surface area contributed by atoms with Gasteiger partial charge in [-0.1, -0.05) is 25.0 Å². The third-order valence-corrected chi connectivity index (χ3v) is 9.15. The van der Waals surface area contributed by atoms with Gasteiger partial charge in [-0.05, 0) is 58.6 Å². The number of fused-ring (bicyclic) bond motifs is 3. The van der Waals surface area contributed by atoms with Crippen LogP contribution < -0.4 is 20.1 Å². The largest absolute Gasteiger partial charge is 0.497 e. The van der Waals surface area contributed by atoms with Crippen LogP contribution in [0.15, 0.2) is 36.4 Å². The average molecular weight is 695 g/mol. The zero-order valence-electron chi connectivity index (χ0n) is 29.4. The number of amides is 3. The highest BCUT2D eigenvalue weighted by molar-refractivity contribution is 5.97. The minimum Gasteiger partial charge on any atom is -0.497 e. The Bertz CT molecular complexity index is 1670. The van der Waals surface area contributed by atoms with Crippen LogP contribution in [0, 0.1) is 5.92 Å². The number of hydrogen-bond acceptors (Lipinski definition) is 11. The van der Waals surface area contributed by atoms with E-state index >= 15 is 0 Å². The molecule has 2 fully saturated rings. The van der Waals surface area contributed by atoms with Crippen molar-refractivity contribution >= 4 is 40.7 Å². The van der Waals surface area contributed by atoms with E-state index in [4.69, 9.17) is 23.7 Å². The molecule has 270 valence electrons. The van der Waals surface area contributed by atoms with E-state index in [1.807, 2.05) is 12.2 Å². The van der Waals surface area contributed by atoms with Gasteiger partial charge in [-0.25, -0.2) is 19.4 Å². The molecular formula is C36H46N4O10. The minimum absolute atomic E-state index is 0.000565. The van der Waals surface area contributed by atoms with Crippen molar-refractivity contribution < 1.29 is 47.7 Å². The van der Waals surface area contributed by atoms with Crippen molar-refractivity contribution in [1.29, 1.82) is 0 Å². The Hall–Kier alpha value is -4.88. The first-order valence-electron chi connectivity index (χ1n) is 16.9. The Morgan fingerprint density at radius 2 is 1.82 bits per heavy atom. The van der Waals surface area contributed by atoms with Crippen LogP contribution in [0.2, 0.25) is 0 Å². The molecule has 2 N–H and O–H groups in total. The molecule has 0 bridgehead atoms. The Kier molecular flexibility index (Phi) is 10.9. The molecule has 3 amide bonds. The van der Waals surface area contributed by atoms with E-state index in [-0.39, 0.29) is 24.6 Å². The number of rotatable bonds is 6. The maximum Gasteiger partial charge on any atom is 0.408 e. The van der Waals surface area contributed by atoms with E-state index in [0.29, 0.717) is 41.7 Å². The van der Waals surface area contributed by atoms with Gasteiger partial charge in [0.1, 0.15) is 40.8 Å². The molecule has 3 heterocycles. The smallest absolute Gasteiger partial charge is 0.408 e. The summed E-state index contributed by atoms with van der Waals surface area (Å²) in [6.07, 6.45) is 6.28. The van der Waals surface area contributed by atoms with Crippen molar-refractivity contribution in [2.75, 3.05) is 27.9 Å². The van der Waals surface area contributed by atoms with Crippen LogP contribution in [0.4, 0.5) is 4.79 Å². The summed E-state index contributed by atoms with van der Waals surface area (Å²) in [5, 5.41) is 6.22. The SMILES string of the molecule is COC(=O)c1cc(O[C@@H]2C[C@H]3C(=O)N[C@]4(C(=O)OC)CC4/C=C\CCCCC[C@H](NC(=O)OC(C)(C)C)C(=O)N3C2)c2ccc(OC)cc2n1. The predicted octanol–water partition coefficient (Wildman–Crippen LogP) is 3.84. The minimum atomic E-state index is -1.25. The number of benzene rings is 1. The number of ether oxygens (including phenoxy) is 5. The van der Waals surface area contributed by atoms with Gasteiger partial charge in [0.15, 0.2) is 5.69 Å². The van der Waals surface area contributed by atoms with E-state index in [2.05, 4.69) is 15.6 Å². The Balaban J connectivity index is 1.50. The molecule has 1 saturated heterocycles. The van der Waals surface area contributed by atoms with Gasteiger partial charge in [0, 0.05) is 29.9 Å². The summed E-state index contributed by atoms with van der Waals surface area (Å²) < 4.78 is 27.3. The molecule has 1 aromatic carbocycles. The van der Waals surface area contributed by atoms with Crippen molar-refractivity contribution in [2.45, 2.75) is 95.0 Å². The van der Waals surface area contributed by atoms with Crippen LogP contribution in [0.3, 0.4) is 0 Å².